The third-order valence-corrected chi connectivity index (χ3v) is 3.77. The number of aromatic nitrogens is 2. The quantitative estimate of drug-likeness (QED) is 0.699. The summed E-state index contributed by atoms with van der Waals surface area (Å²) in [5, 5.41) is 10.7. The van der Waals surface area contributed by atoms with Crippen molar-refractivity contribution in [3.05, 3.63) is 77.9 Å². The summed E-state index contributed by atoms with van der Waals surface area (Å²) in [5.74, 6) is -0.311. The molecule has 6 heteroatoms. The summed E-state index contributed by atoms with van der Waals surface area (Å²) in [4.78, 5) is 0. The fourth-order valence-corrected chi connectivity index (χ4v) is 2.57. The van der Waals surface area contributed by atoms with Gasteiger partial charge in [-0.25, -0.2) is 4.39 Å². The van der Waals surface area contributed by atoms with Crippen molar-refractivity contribution in [3.63, 3.8) is 0 Å². The highest BCUT2D eigenvalue weighted by atomic mass is 32.1. The molecule has 1 aromatic heterocycles. The first kappa shape index (κ1) is 16.1. The van der Waals surface area contributed by atoms with Gasteiger partial charge in [0.1, 0.15) is 5.82 Å². The molecule has 1 heterocycles. The summed E-state index contributed by atoms with van der Waals surface area (Å²) >= 11 is 5.24. The second-order valence-electron chi connectivity index (χ2n) is 5.44. The average molecular weight is 340 g/mol. The van der Waals surface area contributed by atoms with Crippen LogP contribution in [0.4, 0.5) is 15.8 Å². The number of nitrogens with zero attached hydrogens (tertiary/aromatic N) is 2. The molecule has 4 nitrogen and oxygen atoms in total. The monoisotopic (exact) mass is 340 g/mol. The first-order chi connectivity index (χ1) is 11.6. The lowest BCUT2D eigenvalue weighted by Crippen LogP contribution is -2.18. The molecule has 3 rings (SSSR count). The van der Waals surface area contributed by atoms with Crippen molar-refractivity contribution < 1.29 is 4.39 Å². The summed E-state index contributed by atoms with van der Waals surface area (Å²) in [5.41, 5.74) is 3.82. The lowest BCUT2D eigenvalue weighted by atomic mass is 10.1. The zero-order valence-electron chi connectivity index (χ0n) is 13.2. The number of halogens is 1. The smallest absolute Gasteiger partial charge is 0.175 e. The van der Waals surface area contributed by atoms with Crippen LogP contribution in [0, 0.1) is 12.7 Å². The fourth-order valence-electron chi connectivity index (χ4n) is 2.34. The van der Waals surface area contributed by atoms with Gasteiger partial charge in [-0.2, -0.15) is 5.10 Å². The first-order valence-electron chi connectivity index (χ1n) is 7.51. The molecule has 3 aromatic rings. The highest BCUT2D eigenvalue weighted by Gasteiger charge is 2.04. The van der Waals surface area contributed by atoms with Crippen molar-refractivity contribution in [1.29, 1.82) is 0 Å². The fraction of sp³-hybridized carbons (Fsp3) is 0.111. The molecule has 2 aromatic carbocycles. The van der Waals surface area contributed by atoms with Crippen LogP contribution in [0.2, 0.25) is 0 Å². The van der Waals surface area contributed by atoms with Gasteiger partial charge in [-0.3, -0.25) is 4.68 Å². The van der Waals surface area contributed by atoms with E-state index in [1.54, 1.807) is 18.3 Å². The maximum absolute atomic E-state index is 13.2. The van der Waals surface area contributed by atoms with E-state index in [-0.39, 0.29) is 5.82 Å². The molecule has 0 atom stereocenters. The molecule has 0 aliphatic carbocycles. The van der Waals surface area contributed by atoms with Crippen molar-refractivity contribution in [1.82, 2.24) is 9.78 Å². The van der Waals surface area contributed by atoms with Crippen LogP contribution >= 0.6 is 12.2 Å². The highest BCUT2D eigenvalue weighted by Crippen LogP contribution is 2.13. The Balaban J connectivity index is 1.61. The average Bonchev–Trinajstić information content (AvgIpc) is 2.96. The van der Waals surface area contributed by atoms with Gasteiger partial charge in [0.05, 0.1) is 18.4 Å². The van der Waals surface area contributed by atoms with Gasteiger partial charge in [0, 0.05) is 11.9 Å². The third-order valence-electron chi connectivity index (χ3n) is 3.57. The largest absolute Gasteiger partial charge is 0.332 e. The molecular formula is C18H17FN4S. The summed E-state index contributed by atoms with van der Waals surface area (Å²) in [6.45, 7) is 2.77. The Morgan fingerprint density at radius 2 is 1.92 bits per heavy atom. The maximum atomic E-state index is 13.2. The second kappa shape index (κ2) is 7.23. The summed E-state index contributed by atoms with van der Waals surface area (Å²) < 4.78 is 15.0. The minimum absolute atomic E-state index is 0.311. The highest BCUT2D eigenvalue weighted by molar-refractivity contribution is 7.80. The van der Waals surface area contributed by atoms with E-state index in [1.807, 2.05) is 23.0 Å². The van der Waals surface area contributed by atoms with Gasteiger partial charge < -0.3 is 10.6 Å². The lowest BCUT2D eigenvalue weighted by Gasteiger charge is -2.09. The van der Waals surface area contributed by atoms with Crippen LogP contribution in [0.15, 0.2) is 60.9 Å². The Morgan fingerprint density at radius 3 is 2.71 bits per heavy atom. The van der Waals surface area contributed by atoms with Crippen LogP contribution in [0.5, 0.6) is 0 Å². The molecule has 0 aliphatic rings. The predicted octanol–water partition coefficient (Wildman–Crippen LogP) is 4.19. The number of aryl methyl sites for hydroxylation is 1. The Bertz CT molecular complexity index is 859. The number of benzene rings is 2. The van der Waals surface area contributed by atoms with Crippen LogP contribution in [0.25, 0.3) is 0 Å². The van der Waals surface area contributed by atoms with E-state index < -0.39 is 0 Å². The van der Waals surface area contributed by atoms with E-state index in [1.165, 1.54) is 23.3 Å². The maximum Gasteiger partial charge on any atom is 0.175 e. The molecule has 0 saturated heterocycles. The molecule has 24 heavy (non-hydrogen) atoms. The minimum atomic E-state index is -0.311. The van der Waals surface area contributed by atoms with Crippen LogP contribution in [-0.2, 0) is 6.54 Å². The molecule has 0 saturated carbocycles. The van der Waals surface area contributed by atoms with E-state index in [0.29, 0.717) is 17.3 Å². The standard InChI is InChI=1S/C18H17FN4S/c1-13-5-2-3-6-14(13)11-23-12-17(10-20-23)22-18(24)21-16-8-4-7-15(19)9-16/h2-10,12H,11H2,1H3,(H2,21,22,24). The van der Waals surface area contributed by atoms with Crippen LogP contribution in [0.3, 0.4) is 0 Å². The minimum Gasteiger partial charge on any atom is -0.332 e. The van der Waals surface area contributed by atoms with Gasteiger partial charge in [0.15, 0.2) is 5.11 Å². The summed E-state index contributed by atoms with van der Waals surface area (Å²) in [6, 6.07) is 14.3. The normalized spacial score (nSPS) is 10.4. The van der Waals surface area contributed by atoms with Crippen molar-refractivity contribution in [2.24, 2.45) is 0 Å². The van der Waals surface area contributed by atoms with E-state index >= 15 is 0 Å². The van der Waals surface area contributed by atoms with Crippen LogP contribution < -0.4 is 10.6 Å². The van der Waals surface area contributed by atoms with Crippen molar-refractivity contribution >= 4 is 28.7 Å². The van der Waals surface area contributed by atoms with Crippen LogP contribution in [-0.4, -0.2) is 14.9 Å². The zero-order valence-corrected chi connectivity index (χ0v) is 14.0. The van der Waals surface area contributed by atoms with Crippen molar-refractivity contribution in [2.45, 2.75) is 13.5 Å². The van der Waals surface area contributed by atoms with E-state index in [0.717, 1.165) is 5.69 Å². The van der Waals surface area contributed by atoms with E-state index in [9.17, 15) is 4.39 Å². The van der Waals surface area contributed by atoms with Crippen LogP contribution in [0.1, 0.15) is 11.1 Å². The summed E-state index contributed by atoms with van der Waals surface area (Å²) in [6.07, 6.45) is 3.59. The number of rotatable bonds is 4. The molecule has 122 valence electrons. The SMILES string of the molecule is Cc1ccccc1Cn1cc(NC(=S)Nc2cccc(F)c2)cn1. The molecule has 0 spiro atoms. The second-order valence-corrected chi connectivity index (χ2v) is 5.85. The molecule has 0 aliphatic heterocycles. The molecule has 2 N–H and O–H groups in total. The first-order valence-corrected chi connectivity index (χ1v) is 7.91. The van der Waals surface area contributed by atoms with Gasteiger partial charge in [-0.05, 0) is 48.5 Å². The van der Waals surface area contributed by atoms with Crippen molar-refractivity contribution in [2.75, 3.05) is 10.6 Å². The number of anilines is 2. The lowest BCUT2D eigenvalue weighted by molar-refractivity contribution is 0.628. The Labute approximate surface area is 145 Å². The molecule has 0 amide bonds. The zero-order chi connectivity index (χ0) is 16.9. The van der Waals surface area contributed by atoms with Gasteiger partial charge in [0.2, 0.25) is 0 Å². The van der Waals surface area contributed by atoms with E-state index in [4.69, 9.17) is 12.2 Å². The number of hydrogen-bond acceptors (Lipinski definition) is 2. The summed E-state index contributed by atoms with van der Waals surface area (Å²) in [7, 11) is 0. The molecule has 0 bridgehead atoms. The number of thiocarbonyl (C=S) groups is 1. The van der Waals surface area contributed by atoms with E-state index in [2.05, 4.69) is 34.8 Å². The molecule has 0 fully saturated rings. The topological polar surface area (TPSA) is 41.9 Å². The van der Waals surface area contributed by atoms with Gasteiger partial charge >= 0.3 is 0 Å². The Morgan fingerprint density at radius 1 is 1.12 bits per heavy atom. The molecule has 0 unspecified atom stereocenters. The number of nitrogens with one attached hydrogen (secondary N) is 2. The number of hydrogen-bond donors (Lipinski definition) is 2. The third kappa shape index (κ3) is 4.17. The van der Waals surface area contributed by atoms with Gasteiger partial charge in [0.25, 0.3) is 0 Å². The molecular weight excluding hydrogens is 323 g/mol. The van der Waals surface area contributed by atoms with Gasteiger partial charge in [-0.15, -0.1) is 0 Å². The molecule has 0 radical (unpaired) electrons. The Kier molecular flexibility index (Phi) is 4.86. The van der Waals surface area contributed by atoms with Gasteiger partial charge in [-0.1, -0.05) is 30.3 Å². The Hall–Kier alpha value is -2.73. The predicted molar refractivity (Wildman–Crippen MR) is 98.8 cm³/mol. The van der Waals surface area contributed by atoms with Crippen molar-refractivity contribution in [3.8, 4) is 0 Å².